The van der Waals surface area contributed by atoms with E-state index in [0.29, 0.717) is 0 Å². The Hall–Kier alpha value is -1.49. The molecule has 0 heterocycles. The van der Waals surface area contributed by atoms with Crippen LogP contribution in [0.25, 0.3) is 0 Å². The molecule has 1 rings (SSSR count). The predicted molar refractivity (Wildman–Crippen MR) is 55.3 cm³/mol. The summed E-state index contributed by atoms with van der Waals surface area (Å²) in [6.45, 7) is 3.15. The molecule has 1 amide bonds. The van der Waals surface area contributed by atoms with Crippen molar-refractivity contribution in [1.82, 2.24) is 0 Å². The summed E-state index contributed by atoms with van der Waals surface area (Å²) in [5.74, 6) is -0.715. The molecule has 6 heteroatoms. The molecule has 0 bridgehead atoms. The zero-order valence-corrected chi connectivity index (χ0v) is 8.69. The van der Waals surface area contributed by atoms with E-state index in [1.165, 1.54) is 6.07 Å². The summed E-state index contributed by atoms with van der Waals surface area (Å²) in [6, 6.07) is 3.10. The van der Waals surface area contributed by atoms with Crippen LogP contribution in [0.1, 0.15) is 5.56 Å². The molecule has 1 aromatic carbocycles. The largest absolute Gasteiger partial charge is 0.418 e. The van der Waals surface area contributed by atoms with Crippen molar-refractivity contribution in [3.8, 4) is 0 Å². The van der Waals surface area contributed by atoms with Gasteiger partial charge in [0.05, 0.1) is 11.3 Å². The molecule has 16 heavy (non-hydrogen) atoms. The number of nitrogens with one attached hydrogen (secondary N) is 1. The van der Waals surface area contributed by atoms with Crippen LogP contribution in [-0.2, 0) is 11.0 Å². The Morgan fingerprint density at radius 1 is 1.44 bits per heavy atom. The molecule has 0 aliphatic rings. The van der Waals surface area contributed by atoms with Gasteiger partial charge in [-0.2, -0.15) is 13.2 Å². The van der Waals surface area contributed by atoms with Crippen molar-refractivity contribution >= 4 is 23.2 Å². The Morgan fingerprint density at radius 2 is 2.06 bits per heavy atom. The lowest BCUT2D eigenvalue weighted by Crippen LogP contribution is -2.14. The zero-order valence-electron chi connectivity index (χ0n) is 7.94. The van der Waals surface area contributed by atoms with Crippen LogP contribution in [0.2, 0.25) is 5.02 Å². The molecule has 86 valence electrons. The van der Waals surface area contributed by atoms with Crippen molar-refractivity contribution in [2.45, 2.75) is 6.18 Å². The number of benzene rings is 1. The highest BCUT2D eigenvalue weighted by atomic mass is 35.5. The molecule has 0 aliphatic carbocycles. The summed E-state index contributed by atoms with van der Waals surface area (Å²) in [5.41, 5.74) is -1.34. The van der Waals surface area contributed by atoms with E-state index >= 15 is 0 Å². The van der Waals surface area contributed by atoms with E-state index < -0.39 is 17.6 Å². The van der Waals surface area contributed by atoms with E-state index in [4.69, 9.17) is 11.6 Å². The van der Waals surface area contributed by atoms with Crippen LogP contribution in [-0.4, -0.2) is 5.91 Å². The molecule has 0 spiro atoms. The number of alkyl halides is 3. The number of anilines is 1. The topological polar surface area (TPSA) is 29.1 Å². The minimum Gasteiger partial charge on any atom is -0.322 e. The third-order valence-corrected chi connectivity index (χ3v) is 1.97. The maximum atomic E-state index is 12.5. The first-order valence-electron chi connectivity index (χ1n) is 4.15. The van der Waals surface area contributed by atoms with Gasteiger partial charge in [0, 0.05) is 5.02 Å². The number of hydrogen-bond donors (Lipinski definition) is 1. The van der Waals surface area contributed by atoms with E-state index in [-0.39, 0.29) is 10.7 Å². The van der Waals surface area contributed by atoms with Gasteiger partial charge in [-0.05, 0) is 24.3 Å². The minimum absolute atomic E-state index is 0.0519. The average molecular weight is 250 g/mol. The maximum Gasteiger partial charge on any atom is 0.418 e. The second-order valence-electron chi connectivity index (χ2n) is 2.88. The van der Waals surface area contributed by atoms with Gasteiger partial charge in [0.15, 0.2) is 0 Å². The van der Waals surface area contributed by atoms with Crippen molar-refractivity contribution in [3.05, 3.63) is 41.4 Å². The van der Waals surface area contributed by atoms with Crippen molar-refractivity contribution in [1.29, 1.82) is 0 Å². The van der Waals surface area contributed by atoms with E-state index in [1.54, 1.807) is 0 Å². The van der Waals surface area contributed by atoms with Crippen molar-refractivity contribution in [3.63, 3.8) is 0 Å². The number of rotatable bonds is 2. The first kappa shape index (κ1) is 12.6. The lowest BCUT2D eigenvalue weighted by Gasteiger charge is -2.13. The molecular weight excluding hydrogens is 243 g/mol. The van der Waals surface area contributed by atoms with Crippen LogP contribution in [0, 0.1) is 0 Å². The fraction of sp³-hybridized carbons (Fsp3) is 0.100. The van der Waals surface area contributed by atoms with Crippen LogP contribution >= 0.6 is 11.6 Å². The first-order chi connectivity index (χ1) is 7.34. The van der Waals surface area contributed by atoms with Crippen molar-refractivity contribution < 1.29 is 18.0 Å². The lowest BCUT2D eigenvalue weighted by atomic mass is 10.1. The van der Waals surface area contributed by atoms with Gasteiger partial charge in [-0.25, -0.2) is 0 Å². The Kier molecular flexibility index (Phi) is 3.59. The molecule has 0 saturated carbocycles. The molecule has 2 nitrogen and oxygen atoms in total. The van der Waals surface area contributed by atoms with E-state index in [2.05, 4.69) is 11.9 Å². The molecule has 0 fully saturated rings. The summed E-state index contributed by atoms with van der Waals surface area (Å²) in [7, 11) is 0. The first-order valence-corrected chi connectivity index (χ1v) is 4.52. The Labute approximate surface area is 94.7 Å². The number of carbonyl (C=O) groups excluding carboxylic acids is 1. The highest BCUT2D eigenvalue weighted by molar-refractivity contribution is 6.30. The third-order valence-electron chi connectivity index (χ3n) is 1.73. The number of carbonyl (C=O) groups is 1. The zero-order chi connectivity index (χ0) is 12.3. The second kappa shape index (κ2) is 4.57. The standard InChI is InChI=1S/C10H7ClF3NO/c1-2-9(16)15-8-4-3-6(11)5-7(8)10(12,13)14/h2-5H,1H2,(H,15,16). The van der Waals surface area contributed by atoms with Crippen molar-refractivity contribution in [2.24, 2.45) is 0 Å². The van der Waals surface area contributed by atoms with Crippen LogP contribution in [0.3, 0.4) is 0 Å². The van der Waals surface area contributed by atoms with Gasteiger partial charge in [0.1, 0.15) is 0 Å². The van der Waals surface area contributed by atoms with Gasteiger partial charge < -0.3 is 5.32 Å². The molecule has 1 N–H and O–H groups in total. The van der Waals surface area contributed by atoms with Gasteiger partial charge in [-0.1, -0.05) is 18.2 Å². The summed E-state index contributed by atoms with van der Waals surface area (Å²) in [5, 5.41) is 2.01. The van der Waals surface area contributed by atoms with Gasteiger partial charge in [-0.15, -0.1) is 0 Å². The van der Waals surface area contributed by atoms with E-state index in [1.807, 2.05) is 0 Å². The smallest absolute Gasteiger partial charge is 0.322 e. The average Bonchev–Trinajstić information content (AvgIpc) is 2.19. The number of halogens is 4. The summed E-state index contributed by atoms with van der Waals surface area (Å²) in [6.07, 6.45) is -3.69. The quantitative estimate of drug-likeness (QED) is 0.799. The normalized spacial score (nSPS) is 11.0. The third kappa shape index (κ3) is 3.00. The summed E-state index contributed by atoms with van der Waals surface area (Å²) in [4.78, 5) is 10.9. The molecule has 0 aliphatic heterocycles. The predicted octanol–water partition coefficient (Wildman–Crippen LogP) is 3.48. The molecule has 0 radical (unpaired) electrons. The van der Waals surface area contributed by atoms with Crippen LogP contribution in [0.15, 0.2) is 30.9 Å². The SMILES string of the molecule is C=CC(=O)Nc1ccc(Cl)cc1C(F)(F)F. The van der Waals surface area contributed by atoms with Crippen molar-refractivity contribution in [2.75, 3.05) is 5.32 Å². The van der Waals surface area contributed by atoms with Gasteiger partial charge in [-0.3, -0.25) is 4.79 Å². The summed E-state index contributed by atoms with van der Waals surface area (Å²) >= 11 is 5.46. The maximum absolute atomic E-state index is 12.5. The van der Waals surface area contributed by atoms with Crippen LogP contribution in [0.5, 0.6) is 0 Å². The second-order valence-corrected chi connectivity index (χ2v) is 3.32. The molecule has 0 unspecified atom stereocenters. The minimum atomic E-state index is -4.57. The van der Waals surface area contributed by atoms with Crippen LogP contribution in [0.4, 0.5) is 18.9 Å². The fourth-order valence-corrected chi connectivity index (χ4v) is 1.22. The molecule has 0 atom stereocenters. The summed E-state index contributed by atoms with van der Waals surface area (Å²) < 4.78 is 37.6. The Balaban J connectivity index is 3.18. The van der Waals surface area contributed by atoms with Crippen LogP contribution < -0.4 is 5.32 Å². The monoisotopic (exact) mass is 249 g/mol. The Bertz CT molecular complexity index is 429. The lowest BCUT2D eigenvalue weighted by molar-refractivity contribution is -0.136. The molecule has 0 saturated heterocycles. The van der Waals surface area contributed by atoms with E-state index in [9.17, 15) is 18.0 Å². The molecule has 1 aromatic rings. The fourth-order valence-electron chi connectivity index (χ4n) is 1.04. The van der Waals surface area contributed by atoms with Gasteiger partial charge in [0.2, 0.25) is 5.91 Å². The van der Waals surface area contributed by atoms with E-state index in [0.717, 1.165) is 18.2 Å². The molecule has 0 aromatic heterocycles. The highest BCUT2D eigenvalue weighted by Crippen LogP contribution is 2.36. The molecular formula is C10H7ClF3NO. The van der Waals surface area contributed by atoms with Gasteiger partial charge in [0.25, 0.3) is 0 Å². The highest BCUT2D eigenvalue weighted by Gasteiger charge is 2.34. The Morgan fingerprint density at radius 3 is 2.56 bits per heavy atom. The van der Waals surface area contributed by atoms with Gasteiger partial charge >= 0.3 is 6.18 Å². The number of amides is 1. The number of hydrogen-bond acceptors (Lipinski definition) is 1.